The number of aryl methyl sites for hydroxylation is 1. The van der Waals surface area contributed by atoms with Gasteiger partial charge in [-0.1, -0.05) is 0 Å². The Morgan fingerprint density at radius 2 is 2.14 bits per heavy atom. The minimum absolute atomic E-state index is 0.0256. The number of benzene rings is 1. The molecule has 1 aromatic carbocycles. The molecule has 2 rings (SSSR count). The number of nitrogens with one attached hydrogen (secondary N) is 1. The molecule has 22 heavy (non-hydrogen) atoms. The molecule has 0 radical (unpaired) electrons. The molecular weight excluding hydrogens is 354 g/mol. The third-order valence-electron chi connectivity index (χ3n) is 2.93. The first kappa shape index (κ1) is 15.9. The highest BCUT2D eigenvalue weighted by atomic mass is 79.9. The van der Waals surface area contributed by atoms with Crippen LogP contribution in [0.3, 0.4) is 0 Å². The molecule has 0 aliphatic rings. The molecule has 2 aromatic rings. The van der Waals surface area contributed by atoms with Crippen molar-refractivity contribution in [2.24, 2.45) is 0 Å². The predicted octanol–water partition coefficient (Wildman–Crippen LogP) is 3.32. The maximum absolute atomic E-state index is 12.2. The van der Waals surface area contributed by atoms with Gasteiger partial charge in [0.05, 0.1) is 12.0 Å². The van der Waals surface area contributed by atoms with E-state index in [2.05, 4.69) is 26.2 Å². The summed E-state index contributed by atoms with van der Waals surface area (Å²) in [5, 5.41) is 13.5. The van der Waals surface area contributed by atoms with Crippen molar-refractivity contribution < 1.29 is 14.5 Å². The van der Waals surface area contributed by atoms with E-state index >= 15 is 0 Å². The van der Waals surface area contributed by atoms with E-state index in [0.29, 0.717) is 5.82 Å². The van der Waals surface area contributed by atoms with Crippen molar-refractivity contribution in [1.29, 1.82) is 0 Å². The summed E-state index contributed by atoms with van der Waals surface area (Å²) in [6, 6.07) is 5.62. The summed E-state index contributed by atoms with van der Waals surface area (Å²) < 4.78 is 5.77. The number of hydrogen-bond acceptors (Lipinski definition) is 5. The number of ether oxygens (including phenoxy) is 1. The standard InChI is InChI=1S/C14H12BrN3O4/c1-8-5-13(16-7-10(8)15)17-14(19)9-3-4-11(18(20)21)12(6-9)22-2/h3-7H,1-2H3,(H,16,17,19). The number of anilines is 1. The van der Waals surface area contributed by atoms with Gasteiger partial charge in [0.1, 0.15) is 5.82 Å². The van der Waals surface area contributed by atoms with E-state index in [4.69, 9.17) is 4.74 Å². The van der Waals surface area contributed by atoms with E-state index in [1.54, 1.807) is 12.3 Å². The Hall–Kier alpha value is -2.48. The van der Waals surface area contributed by atoms with Gasteiger partial charge in [-0.15, -0.1) is 0 Å². The summed E-state index contributed by atoms with van der Waals surface area (Å²) in [7, 11) is 1.31. The number of carbonyl (C=O) groups is 1. The van der Waals surface area contributed by atoms with Crippen LogP contribution in [0.4, 0.5) is 11.5 Å². The van der Waals surface area contributed by atoms with Gasteiger partial charge in [0.15, 0.2) is 5.75 Å². The molecular formula is C14H12BrN3O4. The van der Waals surface area contributed by atoms with Crippen LogP contribution >= 0.6 is 15.9 Å². The lowest BCUT2D eigenvalue weighted by atomic mass is 10.1. The maximum atomic E-state index is 12.2. The topological polar surface area (TPSA) is 94.4 Å². The fourth-order valence-electron chi connectivity index (χ4n) is 1.77. The Kier molecular flexibility index (Phi) is 4.71. The molecule has 0 unspecified atom stereocenters. The molecule has 0 fully saturated rings. The maximum Gasteiger partial charge on any atom is 0.310 e. The number of nitrogens with zero attached hydrogens (tertiary/aromatic N) is 2. The molecule has 1 aromatic heterocycles. The highest BCUT2D eigenvalue weighted by Crippen LogP contribution is 2.28. The lowest BCUT2D eigenvalue weighted by Crippen LogP contribution is -2.13. The molecule has 8 heteroatoms. The predicted molar refractivity (Wildman–Crippen MR) is 84.3 cm³/mol. The molecule has 0 aliphatic carbocycles. The van der Waals surface area contributed by atoms with Crippen molar-refractivity contribution in [3.05, 3.63) is 56.2 Å². The minimum Gasteiger partial charge on any atom is -0.490 e. The van der Waals surface area contributed by atoms with Gasteiger partial charge >= 0.3 is 5.69 Å². The van der Waals surface area contributed by atoms with Crippen LogP contribution in [-0.4, -0.2) is 22.9 Å². The van der Waals surface area contributed by atoms with E-state index in [1.807, 2.05) is 6.92 Å². The number of amides is 1. The van der Waals surface area contributed by atoms with Gasteiger partial charge in [-0.2, -0.15) is 0 Å². The molecule has 0 saturated carbocycles. The Morgan fingerprint density at radius 3 is 2.73 bits per heavy atom. The van der Waals surface area contributed by atoms with Crippen LogP contribution in [0.5, 0.6) is 5.75 Å². The Bertz CT molecular complexity index is 749. The quantitative estimate of drug-likeness (QED) is 0.662. The highest BCUT2D eigenvalue weighted by molar-refractivity contribution is 9.10. The minimum atomic E-state index is -0.569. The largest absolute Gasteiger partial charge is 0.490 e. The van der Waals surface area contributed by atoms with Crippen molar-refractivity contribution in [2.45, 2.75) is 6.92 Å². The number of halogens is 1. The number of carbonyl (C=O) groups excluding carboxylic acids is 1. The monoisotopic (exact) mass is 365 g/mol. The van der Waals surface area contributed by atoms with Crippen LogP contribution in [0.15, 0.2) is 34.9 Å². The summed E-state index contributed by atoms with van der Waals surface area (Å²) in [4.78, 5) is 26.5. The number of methoxy groups -OCH3 is 1. The Morgan fingerprint density at radius 1 is 1.41 bits per heavy atom. The van der Waals surface area contributed by atoms with Gasteiger partial charge in [0, 0.05) is 28.4 Å². The van der Waals surface area contributed by atoms with E-state index in [9.17, 15) is 14.9 Å². The number of rotatable bonds is 4. The van der Waals surface area contributed by atoms with Crippen molar-refractivity contribution in [3.8, 4) is 5.75 Å². The van der Waals surface area contributed by atoms with Gasteiger partial charge < -0.3 is 10.1 Å². The first-order valence-corrected chi connectivity index (χ1v) is 6.97. The zero-order valence-electron chi connectivity index (χ0n) is 11.8. The van der Waals surface area contributed by atoms with Crippen molar-refractivity contribution in [2.75, 3.05) is 12.4 Å². The first-order chi connectivity index (χ1) is 10.4. The summed E-state index contributed by atoms with van der Waals surface area (Å²) in [6.07, 6.45) is 1.58. The molecule has 114 valence electrons. The average molecular weight is 366 g/mol. The zero-order chi connectivity index (χ0) is 16.3. The number of nitro groups is 1. The number of pyridine rings is 1. The molecule has 1 amide bonds. The molecule has 0 spiro atoms. The Balaban J connectivity index is 2.25. The van der Waals surface area contributed by atoms with Crippen LogP contribution in [-0.2, 0) is 0 Å². The molecule has 0 saturated heterocycles. The fraction of sp³-hybridized carbons (Fsp3) is 0.143. The number of aromatic nitrogens is 1. The Labute approximate surface area is 134 Å². The summed E-state index contributed by atoms with van der Waals surface area (Å²) in [6.45, 7) is 1.87. The van der Waals surface area contributed by atoms with E-state index in [-0.39, 0.29) is 17.0 Å². The van der Waals surface area contributed by atoms with Crippen LogP contribution < -0.4 is 10.1 Å². The normalized spacial score (nSPS) is 10.1. The third-order valence-corrected chi connectivity index (χ3v) is 3.76. The van der Waals surface area contributed by atoms with Crippen molar-refractivity contribution >= 4 is 33.3 Å². The second kappa shape index (κ2) is 6.52. The van der Waals surface area contributed by atoms with Crippen LogP contribution in [0, 0.1) is 17.0 Å². The summed E-state index contributed by atoms with van der Waals surface area (Å²) >= 11 is 3.33. The first-order valence-electron chi connectivity index (χ1n) is 6.18. The fourth-order valence-corrected chi connectivity index (χ4v) is 1.98. The van der Waals surface area contributed by atoms with Crippen LogP contribution in [0.2, 0.25) is 0 Å². The molecule has 0 aliphatic heterocycles. The van der Waals surface area contributed by atoms with Gasteiger partial charge in [-0.05, 0) is 40.5 Å². The lowest BCUT2D eigenvalue weighted by molar-refractivity contribution is -0.385. The van der Waals surface area contributed by atoms with Gasteiger partial charge in [0.25, 0.3) is 5.91 Å². The van der Waals surface area contributed by atoms with Crippen molar-refractivity contribution in [1.82, 2.24) is 4.98 Å². The van der Waals surface area contributed by atoms with E-state index in [1.165, 1.54) is 25.3 Å². The number of nitro benzene ring substituents is 1. The highest BCUT2D eigenvalue weighted by Gasteiger charge is 2.17. The molecule has 7 nitrogen and oxygen atoms in total. The van der Waals surface area contributed by atoms with E-state index < -0.39 is 10.8 Å². The zero-order valence-corrected chi connectivity index (χ0v) is 13.4. The van der Waals surface area contributed by atoms with Crippen LogP contribution in [0.25, 0.3) is 0 Å². The molecule has 0 atom stereocenters. The summed E-state index contributed by atoms with van der Waals surface area (Å²) in [5.74, 6) is -0.0111. The van der Waals surface area contributed by atoms with Crippen LogP contribution in [0.1, 0.15) is 15.9 Å². The smallest absolute Gasteiger partial charge is 0.310 e. The van der Waals surface area contributed by atoms with Gasteiger partial charge in [-0.25, -0.2) is 4.98 Å². The molecule has 1 N–H and O–H groups in total. The third kappa shape index (κ3) is 3.40. The molecule has 0 bridgehead atoms. The summed E-state index contributed by atoms with van der Waals surface area (Å²) in [5.41, 5.74) is 0.966. The second-order valence-corrected chi connectivity index (χ2v) is 5.27. The SMILES string of the molecule is COc1cc(C(=O)Nc2cc(C)c(Br)cn2)ccc1[N+](=O)[O-]. The second-order valence-electron chi connectivity index (χ2n) is 4.42. The molecule has 1 heterocycles. The van der Waals surface area contributed by atoms with E-state index in [0.717, 1.165) is 10.0 Å². The van der Waals surface area contributed by atoms with Crippen molar-refractivity contribution in [3.63, 3.8) is 0 Å². The lowest BCUT2D eigenvalue weighted by Gasteiger charge is -2.07. The average Bonchev–Trinajstić information content (AvgIpc) is 2.50. The van der Waals surface area contributed by atoms with Gasteiger partial charge in [-0.3, -0.25) is 14.9 Å². The van der Waals surface area contributed by atoms with Gasteiger partial charge in [0.2, 0.25) is 0 Å². The number of hydrogen-bond donors (Lipinski definition) is 1.